The molecule has 0 fully saturated rings. The summed E-state index contributed by atoms with van der Waals surface area (Å²) < 4.78 is 49.8. The number of methoxy groups -OCH3 is 1. The SMILES string of the molecule is CC.CC[C@@H](Nc1cc(C)c(C(=O)N[C@@H](Cc2ccc(-n3c(=O)c4ccncc4n(C)c3=O)nc2)C(=O)OC)c(F)c1)C(C)(F)F. The fourth-order valence-corrected chi connectivity index (χ4v) is 4.87. The van der Waals surface area contributed by atoms with E-state index in [1.54, 1.807) is 6.92 Å². The number of aryl methyl sites for hydroxylation is 2. The fraction of sp³-hybridized carbons (Fsp3) is 0.375. The summed E-state index contributed by atoms with van der Waals surface area (Å²) in [6, 6.07) is 4.24. The maximum absolute atomic E-state index is 15.1. The molecule has 246 valence electrons. The van der Waals surface area contributed by atoms with Gasteiger partial charge in [0.2, 0.25) is 0 Å². The normalized spacial score (nSPS) is 12.5. The molecule has 0 radical (unpaired) electrons. The van der Waals surface area contributed by atoms with E-state index in [4.69, 9.17) is 4.74 Å². The van der Waals surface area contributed by atoms with Crippen molar-refractivity contribution in [3.63, 3.8) is 0 Å². The average Bonchev–Trinajstić information content (AvgIpc) is 3.02. The number of ether oxygens (including phenoxy) is 1. The fourth-order valence-electron chi connectivity index (χ4n) is 4.87. The Morgan fingerprint density at radius 3 is 2.37 bits per heavy atom. The summed E-state index contributed by atoms with van der Waals surface area (Å²) in [5.41, 5.74) is -0.555. The van der Waals surface area contributed by atoms with Gasteiger partial charge in [-0.1, -0.05) is 26.8 Å². The van der Waals surface area contributed by atoms with Gasteiger partial charge in [0, 0.05) is 38.5 Å². The average molecular weight is 643 g/mol. The van der Waals surface area contributed by atoms with Crippen molar-refractivity contribution in [2.45, 2.75) is 65.5 Å². The zero-order chi connectivity index (χ0) is 34.3. The molecule has 0 aliphatic carbocycles. The van der Waals surface area contributed by atoms with Crippen LogP contribution in [0.1, 0.15) is 55.6 Å². The Morgan fingerprint density at radius 2 is 1.80 bits per heavy atom. The van der Waals surface area contributed by atoms with E-state index in [-0.39, 0.29) is 40.9 Å². The summed E-state index contributed by atoms with van der Waals surface area (Å²) in [5.74, 6) is -5.72. The van der Waals surface area contributed by atoms with Crippen LogP contribution in [0.2, 0.25) is 0 Å². The van der Waals surface area contributed by atoms with Crippen molar-refractivity contribution in [3.8, 4) is 5.82 Å². The minimum Gasteiger partial charge on any atom is -0.467 e. The van der Waals surface area contributed by atoms with Crippen molar-refractivity contribution in [1.82, 2.24) is 24.4 Å². The number of halogens is 3. The number of esters is 1. The van der Waals surface area contributed by atoms with E-state index in [1.165, 1.54) is 61.4 Å². The molecule has 0 aliphatic rings. The lowest BCUT2D eigenvalue weighted by molar-refractivity contribution is -0.142. The standard InChI is InChI=1S/C30H31F3N6O5.C2H6/c1-6-23(30(3,32)33)36-18-11-16(2)25(20(31)13-18)26(40)37-21(28(42)44-5)12-17-7-8-24(35-14-17)39-27(41)19-9-10-34-15-22(19)38(4)29(39)43;1-2/h7-11,13-15,21,23,36H,6,12H2,1-5H3,(H,37,40);1-2H3/t21-,23+;/m0./s1. The number of carbonyl (C=O) groups is 2. The van der Waals surface area contributed by atoms with Crippen LogP contribution in [-0.2, 0) is 23.0 Å². The van der Waals surface area contributed by atoms with Crippen molar-refractivity contribution in [2.24, 2.45) is 7.05 Å². The third-order valence-corrected chi connectivity index (χ3v) is 7.22. The molecule has 2 atom stereocenters. The maximum Gasteiger partial charge on any atom is 0.337 e. The second-order valence-electron chi connectivity index (χ2n) is 10.4. The Morgan fingerprint density at radius 1 is 1.11 bits per heavy atom. The number of benzene rings is 1. The van der Waals surface area contributed by atoms with Gasteiger partial charge in [0.05, 0.1) is 35.8 Å². The molecule has 3 aromatic heterocycles. The first-order valence-corrected chi connectivity index (χ1v) is 14.6. The lowest BCUT2D eigenvalue weighted by Crippen LogP contribution is -2.43. The lowest BCUT2D eigenvalue weighted by atomic mass is 10.0. The number of pyridine rings is 2. The van der Waals surface area contributed by atoms with Crippen LogP contribution in [-0.4, -0.2) is 56.1 Å². The van der Waals surface area contributed by atoms with Gasteiger partial charge in [-0.2, -0.15) is 0 Å². The van der Waals surface area contributed by atoms with Gasteiger partial charge in [-0.05, 0) is 48.7 Å². The molecule has 11 nitrogen and oxygen atoms in total. The topological polar surface area (TPSA) is 137 Å². The Labute approximate surface area is 263 Å². The molecule has 3 heterocycles. The van der Waals surface area contributed by atoms with E-state index in [0.29, 0.717) is 11.1 Å². The number of alkyl halides is 2. The molecule has 0 bridgehead atoms. The Bertz CT molecular complexity index is 1810. The van der Waals surface area contributed by atoms with Crippen LogP contribution >= 0.6 is 0 Å². The first kappa shape index (κ1) is 35.5. The molecule has 0 unspecified atom stereocenters. The van der Waals surface area contributed by atoms with Gasteiger partial charge >= 0.3 is 11.7 Å². The molecular weight excluding hydrogens is 605 g/mol. The van der Waals surface area contributed by atoms with Crippen LogP contribution in [0, 0.1) is 12.7 Å². The largest absolute Gasteiger partial charge is 0.467 e. The van der Waals surface area contributed by atoms with Crippen LogP contribution in [0.25, 0.3) is 16.7 Å². The van der Waals surface area contributed by atoms with Gasteiger partial charge in [0.25, 0.3) is 17.4 Å². The summed E-state index contributed by atoms with van der Waals surface area (Å²) >= 11 is 0. The molecule has 0 saturated carbocycles. The van der Waals surface area contributed by atoms with Crippen LogP contribution in [0.4, 0.5) is 18.9 Å². The second-order valence-corrected chi connectivity index (χ2v) is 10.4. The highest BCUT2D eigenvalue weighted by Gasteiger charge is 2.33. The van der Waals surface area contributed by atoms with Gasteiger partial charge in [-0.3, -0.25) is 19.1 Å². The highest BCUT2D eigenvalue weighted by molar-refractivity contribution is 5.98. The monoisotopic (exact) mass is 642 g/mol. The number of aromatic nitrogens is 4. The highest BCUT2D eigenvalue weighted by Crippen LogP contribution is 2.26. The molecule has 2 N–H and O–H groups in total. The van der Waals surface area contributed by atoms with Crippen molar-refractivity contribution < 1.29 is 27.5 Å². The molecule has 0 aliphatic heterocycles. The smallest absolute Gasteiger partial charge is 0.337 e. The quantitative estimate of drug-likeness (QED) is 0.244. The van der Waals surface area contributed by atoms with E-state index in [2.05, 4.69) is 20.6 Å². The molecule has 4 rings (SSSR count). The number of anilines is 1. The molecule has 1 aromatic carbocycles. The summed E-state index contributed by atoms with van der Waals surface area (Å²) in [4.78, 5) is 59.8. The zero-order valence-corrected chi connectivity index (χ0v) is 26.7. The number of fused-ring (bicyclic) bond motifs is 1. The Hall–Kier alpha value is -5.01. The molecular formula is C32H37F3N6O5. The van der Waals surface area contributed by atoms with Crippen LogP contribution < -0.4 is 21.9 Å². The predicted molar refractivity (Wildman–Crippen MR) is 168 cm³/mol. The summed E-state index contributed by atoms with van der Waals surface area (Å²) in [6.45, 7) is 7.77. The van der Waals surface area contributed by atoms with E-state index in [0.717, 1.165) is 24.7 Å². The molecule has 4 aromatic rings. The number of rotatable bonds is 10. The number of hydrogen-bond acceptors (Lipinski definition) is 8. The minimum absolute atomic E-state index is 0.0364. The van der Waals surface area contributed by atoms with Crippen molar-refractivity contribution >= 4 is 28.5 Å². The number of carbonyl (C=O) groups excluding carboxylic acids is 2. The third kappa shape index (κ3) is 7.61. The van der Waals surface area contributed by atoms with E-state index < -0.39 is 46.9 Å². The highest BCUT2D eigenvalue weighted by atomic mass is 19.3. The first-order valence-electron chi connectivity index (χ1n) is 14.6. The van der Waals surface area contributed by atoms with Crippen molar-refractivity contribution in [3.05, 3.63) is 92.3 Å². The van der Waals surface area contributed by atoms with Gasteiger partial charge in [-0.15, -0.1) is 0 Å². The number of hydrogen-bond donors (Lipinski definition) is 2. The van der Waals surface area contributed by atoms with Crippen molar-refractivity contribution in [2.75, 3.05) is 12.4 Å². The van der Waals surface area contributed by atoms with Gasteiger partial charge in [-0.25, -0.2) is 32.3 Å². The molecule has 1 amide bonds. The van der Waals surface area contributed by atoms with Crippen LogP contribution in [0.3, 0.4) is 0 Å². The molecule has 46 heavy (non-hydrogen) atoms. The summed E-state index contributed by atoms with van der Waals surface area (Å²) in [6.07, 6.45) is 4.14. The van der Waals surface area contributed by atoms with E-state index >= 15 is 4.39 Å². The Balaban J connectivity index is 0.00000282. The van der Waals surface area contributed by atoms with Gasteiger partial charge in [0.1, 0.15) is 17.7 Å². The van der Waals surface area contributed by atoms with E-state index in [9.17, 15) is 28.0 Å². The zero-order valence-electron chi connectivity index (χ0n) is 26.7. The van der Waals surface area contributed by atoms with Crippen molar-refractivity contribution in [1.29, 1.82) is 0 Å². The van der Waals surface area contributed by atoms with Gasteiger partial charge in [0.15, 0.2) is 0 Å². The summed E-state index contributed by atoms with van der Waals surface area (Å²) in [5, 5.41) is 5.34. The predicted octanol–water partition coefficient (Wildman–Crippen LogP) is 4.31. The minimum atomic E-state index is -3.06. The Kier molecular flexibility index (Phi) is 11.4. The molecule has 0 saturated heterocycles. The van der Waals surface area contributed by atoms with E-state index in [1.807, 2.05) is 13.8 Å². The number of nitrogens with one attached hydrogen (secondary N) is 2. The molecule has 0 spiro atoms. The third-order valence-electron chi connectivity index (χ3n) is 7.22. The van der Waals surface area contributed by atoms with Crippen LogP contribution in [0.5, 0.6) is 0 Å². The number of nitrogens with zero attached hydrogens (tertiary/aromatic N) is 4. The lowest BCUT2D eigenvalue weighted by Gasteiger charge is -2.25. The summed E-state index contributed by atoms with van der Waals surface area (Å²) in [7, 11) is 2.63. The van der Waals surface area contributed by atoms with Gasteiger partial charge < -0.3 is 15.4 Å². The molecule has 14 heteroatoms. The maximum atomic E-state index is 15.1. The van der Waals surface area contributed by atoms with Crippen LogP contribution in [0.15, 0.2) is 58.5 Å². The number of amides is 1. The first-order chi connectivity index (χ1) is 21.8. The second kappa shape index (κ2) is 14.8.